The van der Waals surface area contributed by atoms with Crippen LogP contribution in [0.25, 0.3) is 0 Å². The lowest BCUT2D eigenvalue weighted by Gasteiger charge is -2.17. The second-order valence-corrected chi connectivity index (χ2v) is 6.84. The van der Waals surface area contributed by atoms with Gasteiger partial charge in [-0.1, -0.05) is 35.3 Å². The Morgan fingerprint density at radius 3 is 2.38 bits per heavy atom. The number of nitrogens with one attached hydrogen (secondary N) is 2. The zero-order valence-electron chi connectivity index (χ0n) is 14.7. The number of hydrogen-bond acceptors (Lipinski definition) is 3. The van der Waals surface area contributed by atoms with Crippen molar-refractivity contribution in [3.8, 4) is 5.75 Å². The number of carbonyl (C=O) groups excluding carboxylic acids is 2. The molecular weight excluding hydrogens is 375 g/mol. The fourth-order valence-electron chi connectivity index (χ4n) is 2.18. The highest BCUT2D eigenvalue weighted by Crippen LogP contribution is 2.28. The minimum atomic E-state index is -0.824. The average molecular weight is 395 g/mol. The summed E-state index contributed by atoms with van der Waals surface area (Å²) in [5, 5.41) is 6.31. The van der Waals surface area contributed by atoms with Crippen molar-refractivity contribution in [1.82, 2.24) is 5.32 Å². The predicted molar refractivity (Wildman–Crippen MR) is 104 cm³/mol. The summed E-state index contributed by atoms with van der Waals surface area (Å²) in [5.74, 6) is -0.310. The van der Waals surface area contributed by atoms with Crippen LogP contribution >= 0.6 is 23.2 Å². The maximum Gasteiger partial charge on any atom is 0.265 e. The molecule has 0 saturated heterocycles. The van der Waals surface area contributed by atoms with E-state index in [1.807, 2.05) is 13.8 Å². The van der Waals surface area contributed by atoms with E-state index in [9.17, 15) is 9.59 Å². The van der Waals surface area contributed by atoms with Gasteiger partial charge in [-0.15, -0.1) is 0 Å². The van der Waals surface area contributed by atoms with E-state index in [2.05, 4.69) is 10.6 Å². The summed E-state index contributed by atoms with van der Waals surface area (Å²) in [5.41, 5.74) is 0.791. The lowest BCUT2D eigenvalue weighted by atomic mass is 10.1. The van der Waals surface area contributed by atoms with E-state index in [1.54, 1.807) is 43.3 Å². The van der Waals surface area contributed by atoms with Crippen LogP contribution in [0.4, 0.5) is 5.69 Å². The number of ether oxygens (including phenoxy) is 1. The second kappa shape index (κ2) is 8.92. The van der Waals surface area contributed by atoms with Crippen molar-refractivity contribution < 1.29 is 14.3 Å². The number of anilines is 1. The number of halogens is 2. The van der Waals surface area contributed by atoms with Crippen molar-refractivity contribution in [2.24, 2.45) is 0 Å². The van der Waals surface area contributed by atoms with Gasteiger partial charge in [-0.25, -0.2) is 0 Å². The minimum absolute atomic E-state index is 0.0134. The maximum absolute atomic E-state index is 12.5. The molecule has 2 amide bonds. The number of amides is 2. The number of hydrogen-bond donors (Lipinski definition) is 2. The van der Waals surface area contributed by atoms with Gasteiger partial charge in [0.1, 0.15) is 5.75 Å². The maximum atomic E-state index is 12.5. The van der Waals surface area contributed by atoms with E-state index < -0.39 is 12.0 Å². The van der Waals surface area contributed by atoms with Gasteiger partial charge in [0.15, 0.2) is 6.10 Å². The zero-order valence-corrected chi connectivity index (χ0v) is 16.2. The van der Waals surface area contributed by atoms with E-state index in [-0.39, 0.29) is 11.9 Å². The molecule has 2 aromatic carbocycles. The first-order valence-corrected chi connectivity index (χ1v) is 8.86. The van der Waals surface area contributed by atoms with Gasteiger partial charge in [0.05, 0.1) is 16.3 Å². The molecule has 1 atom stereocenters. The van der Waals surface area contributed by atoms with Crippen molar-refractivity contribution in [2.75, 3.05) is 5.32 Å². The van der Waals surface area contributed by atoms with Crippen LogP contribution in [0.2, 0.25) is 10.0 Å². The molecule has 0 bridgehead atoms. The third-order valence-corrected chi connectivity index (χ3v) is 3.95. The van der Waals surface area contributed by atoms with Crippen molar-refractivity contribution >= 4 is 40.7 Å². The smallest absolute Gasteiger partial charge is 0.265 e. The van der Waals surface area contributed by atoms with E-state index in [0.29, 0.717) is 27.0 Å². The SMILES string of the molecule is CC(C)NC(=O)c1ccccc1NC(=O)[C@H](C)Oc1ccc(Cl)cc1Cl. The van der Waals surface area contributed by atoms with Gasteiger partial charge < -0.3 is 15.4 Å². The second-order valence-electron chi connectivity index (χ2n) is 6.00. The van der Waals surface area contributed by atoms with E-state index in [0.717, 1.165) is 0 Å². The molecule has 0 aliphatic rings. The highest BCUT2D eigenvalue weighted by molar-refractivity contribution is 6.35. The first-order chi connectivity index (χ1) is 12.3. The monoisotopic (exact) mass is 394 g/mol. The minimum Gasteiger partial charge on any atom is -0.479 e. The lowest BCUT2D eigenvalue weighted by molar-refractivity contribution is -0.122. The van der Waals surface area contributed by atoms with Gasteiger partial charge in [-0.2, -0.15) is 0 Å². The molecule has 2 rings (SSSR count). The zero-order chi connectivity index (χ0) is 19.3. The summed E-state index contributed by atoms with van der Waals surface area (Å²) in [7, 11) is 0. The Hall–Kier alpha value is -2.24. The highest BCUT2D eigenvalue weighted by Gasteiger charge is 2.19. The van der Waals surface area contributed by atoms with Crippen LogP contribution in [0.15, 0.2) is 42.5 Å². The number of carbonyl (C=O) groups is 2. The van der Waals surface area contributed by atoms with Gasteiger partial charge in [0.2, 0.25) is 0 Å². The molecule has 2 aromatic rings. The lowest BCUT2D eigenvalue weighted by Crippen LogP contribution is -2.33. The average Bonchev–Trinajstić information content (AvgIpc) is 2.57. The Morgan fingerprint density at radius 1 is 1.04 bits per heavy atom. The number of para-hydroxylation sites is 1. The van der Waals surface area contributed by atoms with Crippen molar-refractivity contribution in [2.45, 2.75) is 32.9 Å². The summed E-state index contributed by atoms with van der Waals surface area (Å²) in [4.78, 5) is 24.7. The standard InChI is InChI=1S/C19H20Cl2N2O3/c1-11(2)22-19(25)14-6-4-5-7-16(14)23-18(24)12(3)26-17-9-8-13(20)10-15(17)21/h4-12H,1-3H3,(H,22,25)(H,23,24)/t12-/m0/s1. The van der Waals surface area contributed by atoms with E-state index in [1.165, 1.54) is 6.07 Å². The molecule has 0 aromatic heterocycles. The van der Waals surface area contributed by atoms with E-state index in [4.69, 9.17) is 27.9 Å². The van der Waals surface area contributed by atoms with Gasteiger partial charge >= 0.3 is 0 Å². The van der Waals surface area contributed by atoms with Crippen molar-refractivity contribution in [1.29, 1.82) is 0 Å². The highest BCUT2D eigenvalue weighted by atomic mass is 35.5. The third-order valence-electron chi connectivity index (χ3n) is 3.42. The molecule has 5 nitrogen and oxygen atoms in total. The molecular formula is C19H20Cl2N2O3. The normalized spacial score (nSPS) is 11.8. The van der Waals surface area contributed by atoms with Crippen LogP contribution in [-0.4, -0.2) is 24.0 Å². The first-order valence-electron chi connectivity index (χ1n) is 8.10. The Balaban J connectivity index is 2.10. The van der Waals surface area contributed by atoms with Gasteiger partial charge in [0, 0.05) is 11.1 Å². The number of rotatable bonds is 6. The molecule has 0 fully saturated rings. The molecule has 0 unspecified atom stereocenters. The van der Waals surface area contributed by atoms with Crippen LogP contribution < -0.4 is 15.4 Å². The number of benzene rings is 2. The summed E-state index contributed by atoms with van der Waals surface area (Å²) >= 11 is 11.9. The van der Waals surface area contributed by atoms with Crippen molar-refractivity contribution in [3.63, 3.8) is 0 Å². The predicted octanol–water partition coefficient (Wildman–Crippen LogP) is 4.54. The van der Waals surface area contributed by atoms with Gasteiger partial charge in [-0.3, -0.25) is 9.59 Å². The summed E-state index contributed by atoms with van der Waals surface area (Å²) in [6.07, 6.45) is -0.824. The molecule has 0 saturated carbocycles. The summed E-state index contributed by atoms with van der Waals surface area (Å²) < 4.78 is 5.60. The molecule has 0 spiro atoms. The molecule has 26 heavy (non-hydrogen) atoms. The Morgan fingerprint density at radius 2 is 1.73 bits per heavy atom. The van der Waals surface area contributed by atoms with Crippen LogP contribution in [-0.2, 0) is 4.79 Å². The topological polar surface area (TPSA) is 67.4 Å². The van der Waals surface area contributed by atoms with Gasteiger partial charge in [0.25, 0.3) is 11.8 Å². The largest absolute Gasteiger partial charge is 0.479 e. The molecule has 7 heteroatoms. The van der Waals surface area contributed by atoms with E-state index >= 15 is 0 Å². The van der Waals surface area contributed by atoms with Crippen LogP contribution in [0.5, 0.6) is 5.75 Å². The molecule has 0 radical (unpaired) electrons. The molecule has 138 valence electrons. The molecule has 0 heterocycles. The fraction of sp³-hybridized carbons (Fsp3) is 0.263. The Bertz CT molecular complexity index is 809. The molecule has 0 aliphatic heterocycles. The first kappa shape index (κ1) is 20.1. The molecule has 2 N–H and O–H groups in total. The fourth-order valence-corrected chi connectivity index (χ4v) is 2.63. The van der Waals surface area contributed by atoms with Crippen LogP contribution in [0.1, 0.15) is 31.1 Å². The summed E-state index contributed by atoms with van der Waals surface area (Å²) in [6, 6.07) is 11.5. The molecule has 0 aliphatic carbocycles. The summed E-state index contributed by atoms with van der Waals surface area (Å²) in [6.45, 7) is 5.33. The van der Waals surface area contributed by atoms with Crippen LogP contribution in [0.3, 0.4) is 0 Å². The van der Waals surface area contributed by atoms with Gasteiger partial charge in [-0.05, 0) is 51.1 Å². The Kier molecular flexibility index (Phi) is 6.89. The third kappa shape index (κ3) is 5.38. The quantitative estimate of drug-likeness (QED) is 0.755. The van der Waals surface area contributed by atoms with Crippen molar-refractivity contribution in [3.05, 3.63) is 58.1 Å². The van der Waals surface area contributed by atoms with Crippen LogP contribution in [0, 0.1) is 0 Å². The Labute approximate surface area is 162 Å².